The molecule has 0 aliphatic rings. The third-order valence-corrected chi connectivity index (χ3v) is 3.21. The van der Waals surface area contributed by atoms with Crippen LogP contribution in [0.4, 0.5) is 0 Å². The van der Waals surface area contributed by atoms with Crippen molar-refractivity contribution in [2.45, 2.75) is 33.2 Å². The topological polar surface area (TPSA) is 65.5 Å². The van der Waals surface area contributed by atoms with Gasteiger partial charge in [-0.15, -0.1) is 30.6 Å². The van der Waals surface area contributed by atoms with Crippen LogP contribution < -0.4 is 16.0 Å². The summed E-state index contributed by atoms with van der Waals surface area (Å²) >= 11 is 0. The van der Waals surface area contributed by atoms with Gasteiger partial charge in [0.1, 0.15) is 0 Å². The van der Waals surface area contributed by atoms with Gasteiger partial charge in [0.25, 0.3) is 5.91 Å². The zero-order valence-electron chi connectivity index (χ0n) is 14.6. The lowest BCUT2D eigenvalue weighted by Crippen LogP contribution is -2.37. The van der Waals surface area contributed by atoms with E-state index in [4.69, 9.17) is 0 Å². The highest BCUT2D eigenvalue weighted by molar-refractivity contribution is 14.0. The highest BCUT2D eigenvalue weighted by Gasteiger charge is 2.04. The molecule has 5 nitrogen and oxygen atoms in total. The molecule has 0 heterocycles. The molecule has 0 bridgehead atoms. The fraction of sp³-hybridized carbons (Fsp3) is 0.444. The number of unbranched alkanes of at least 4 members (excludes halogenated alkanes) is 1. The van der Waals surface area contributed by atoms with Gasteiger partial charge in [0.05, 0.1) is 6.54 Å². The average Bonchev–Trinajstić information content (AvgIpc) is 2.58. The number of amides is 1. The molecule has 1 amide bonds. The first-order valence-corrected chi connectivity index (χ1v) is 8.21. The molecule has 0 atom stereocenters. The van der Waals surface area contributed by atoms with Gasteiger partial charge < -0.3 is 16.0 Å². The second kappa shape index (κ2) is 13.8. The minimum absolute atomic E-state index is 0. The monoisotopic (exact) mass is 444 g/mol. The minimum atomic E-state index is -0.0190. The van der Waals surface area contributed by atoms with Gasteiger partial charge in [-0.2, -0.15) is 0 Å². The summed E-state index contributed by atoms with van der Waals surface area (Å²) in [7, 11) is 0. The molecule has 134 valence electrons. The van der Waals surface area contributed by atoms with Crippen LogP contribution in [0.25, 0.3) is 0 Å². The first kappa shape index (κ1) is 22.4. The average molecular weight is 444 g/mol. The summed E-state index contributed by atoms with van der Waals surface area (Å²) in [6, 6.07) is 7.57. The van der Waals surface area contributed by atoms with E-state index in [1.54, 1.807) is 6.08 Å². The van der Waals surface area contributed by atoms with Gasteiger partial charge in [0, 0.05) is 25.2 Å². The Morgan fingerprint density at radius 2 is 1.88 bits per heavy atom. The predicted molar refractivity (Wildman–Crippen MR) is 112 cm³/mol. The van der Waals surface area contributed by atoms with Crippen LogP contribution in [0, 0.1) is 0 Å². The zero-order chi connectivity index (χ0) is 16.9. The lowest BCUT2D eigenvalue weighted by molar-refractivity contribution is 0.0953. The zero-order valence-corrected chi connectivity index (χ0v) is 16.9. The summed E-state index contributed by atoms with van der Waals surface area (Å²) in [5, 5.41) is 9.24. The van der Waals surface area contributed by atoms with Crippen molar-refractivity contribution in [3.63, 3.8) is 0 Å². The van der Waals surface area contributed by atoms with Crippen LogP contribution in [0.3, 0.4) is 0 Å². The van der Waals surface area contributed by atoms with Crippen molar-refractivity contribution in [3.8, 4) is 0 Å². The van der Waals surface area contributed by atoms with Crippen LogP contribution in [0.1, 0.15) is 42.6 Å². The molecule has 24 heavy (non-hydrogen) atoms. The third kappa shape index (κ3) is 8.90. The fourth-order valence-corrected chi connectivity index (χ4v) is 1.92. The molecule has 0 aliphatic carbocycles. The Hall–Kier alpha value is -1.57. The molecule has 1 aromatic rings. The highest BCUT2D eigenvalue weighted by atomic mass is 127. The number of nitrogens with one attached hydrogen (secondary N) is 3. The largest absolute Gasteiger partial charge is 0.357 e. The summed E-state index contributed by atoms with van der Waals surface area (Å²) < 4.78 is 0. The lowest BCUT2D eigenvalue weighted by Gasteiger charge is -2.09. The van der Waals surface area contributed by atoms with E-state index in [1.807, 2.05) is 31.2 Å². The number of benzene rings is 1. The number of rotatable bonds is 9. The molecule has 0 aromatic heterocycles. The Morgan fingerprint density at radius 1 is 1.17 bits per heavy atom. The number of halogens is 1. The van der Waals surface area contributed by atoms with Crippen molar-refractivity contribution >= 4 is 35.8 Å². The summed E-state index contributed by atoms with van der Waals surface area (Å²) in [5.74, 6) is 0.739. The molecular formula is C18H29IN4O. The van der Waals surface area contributed by atoms with E-state index in [9.17, 15) is 4.79 Å². The maximum atomic E-state index is 11.9. The van der Waals surface area contributed by atoms with Gasteiger partial charge in [-0.3, -0.25) is 4.79 Å². The Kier molecular flexibility index (Phi) is 12.9. The number of carbonyl (C=O) groups is 1. The highest BCUT2D eigenvalue weighted by Crippen LogP contribution is 2.06. The van der Waals surface area contributed by atoms with Crippen molar-refractivity contribution < 1.29 is 4.79 Å². The molecule has 0 spiro atoms. The molecule has 0 saturated carbocycles. The van der Waals surface area contributed by atoms with Gasteiger partial charge >= 0.3 is 0 Å². The van der Waals surface area contributed by atoms with Crippen LogP contribution in [0.15, 0.2) is 41.9 Å². The van der Waals surface area contributed by atoms with Crippen molar-refractivity contribution in [2.75, 3.05) is 19.6 Å². The van der Waals surface area contributed by atoms with Crippen LogP contribution in [0.2, 0.25) is 0 Å². The van der Waals surface area contributed by atoms with E-state index in [0.717, 1.165) is 37.5 Å². The summed E-state index contributed by atoms with van der Waals surface area (Å²) in [6.07, 6.45) is 3.87. The van der Waals surface area contributed by atoms with Gasteiger partial charge in [-0.1, -0.05) is 31.6 Å². The van der Waals surface area contributed by atoms with Gasteiger partial charge in [0.15, 0.2) is 5.96 Å². The first-order chi connectivity index (χ1) is 11.2. The Morgan fingerprint density at radius 3 is 2.46 bits per heavy atom. The minimum Gasteiger partial charge on any atom is -0.357 e. The number of guanidine groups is 1. The molecule has 1 aromatic carbocycles. The summed E-state index contributed by atoms with van der Waals surface area (Å²) in [4.78, 5) is 16.4. The molecule has 1 rings (SSSR count). The van der Waals surface area contributed by atoms with Gasteiger partial charge in [0.2, 0.25) is 0 Å². The summed E-state index contributed by atoms with van der Waals surface area (Å²) in [5.41, 5.74) is 1.75. The second-order valence-corrected chi connectivity index (χ2v) is 5.17. The number of nitrogens with zero attached hydrogens (tertiary/aromatic N) is 1. The summed E-state index contributed by atoms with van der Waals surface area (Å²) in [6.45, 7) is 10.6. The van der Waals surface area contributed by atoms with E-state index >= 15 is 0 Å². The van der Waals surface area contributed by atoms with Crippen LogP contribution in [0.5, 0.6) is 0 Å². The standard InChI is InChI=1S/C18H28N4O.HI/c1-4-7-13-20-17(23)16-10-8-15(9-11-16)14-22-18(19-6-3)21-12-5-2;/h5,8-11H,2,4,6-7,12-14H2,1,3H3,(H,20,23)(H2,19,21,22);1H. The van der Waals surface area contributed by atoms with Crippen molar-refractivity contribution in [1.82, 2.24) is 16.0 Å². The normalized spacial score (nSPS) is 10.5. The number of aliphatic imine (C=N–C) groups is 1. The van der Waals surface area contributed by atoms with Crippen LogP contribution >= 0.6 is 24.0 Å². The van der Waals surface area contributed by atoms with E-state index in [0.29, 0.717) is 18.7 Å². The molecule has 0 saturated heterocycles. The molecule has 0 fully saturated rings. The molecule has 6 heteroatoms. The quantitative estimate of drug-likeness (QED) is 0.180. The second-order valence-electron chi connectivity index (χ2n) is 5.17. The molecular weight excluding hydrogens is 415 g/mol. The Balaban J connectivity index is 0.00000529. The van der Waals surface area contributed by atoms with Gasteiger partial charge in [-0.05, 0) is 31.0 Å². The van der Waals surface area contributed by atoms with Crippen LogP contribution in [-0.4, -0.2) is 31.5 Å². The fourth-order valence-electron chi connectivity index (χ4n) is 1.92. The SMILES string of the molecule is C=CCNC(=NCc1ccc(C(=O)NCCCC)cc1)NCC.I. The smallest absolute Gasteiger partial charge is 0.251 e. The van der Waals surface area contributed by atoms with E-state index in [-0.39, 0.29) is 29.9 Å². The number of hydrogen-bond donors (Lipinski definition) is 3. The van der Waals surface area contributed by atoms with Crippen molar-refractivity contribution in [2.24, 2.45) is 4.99 Å². The molecule has 0 unspecified atom stereocenters. The van der Waals surface area contributed by atoms with Crippen LogP contribution in [-0.2, 0) is 6.54 Å². The predicted octanol–water partition coefficient (Wildman–Crippen LogP) is 3.08. The molecule has 0 radical (unpaired) electrons. The lowest BCUT2D eigenvalue weighted by atomic mass is 10.1. The van der Waals surface area contributed by atoms with Crippen molar-refractivity contribution in [1.29, 1.82) is 0 Å². The Labute approximate surface area is 162 Å². The molecule has 0 aliphatic heterocycles. The maximum absolute atomic E-state index is 11.9. The van der Waals surface area contributed by atoms with E-state index in [2.05, 4.69) is 34.4 Å². The van der Waals surface area contributed by atoms with Gasteiger partial charge in [-0.25, -0.2) is 4.99 Å². The maximum Gasteiger partial charge on any atom is 0.251 e. The Bertz CT molecular complexity index is 514. The number of carbonyl (C=O) groups excluding carboxylic acids is 1. The first-order valence-electron chi connectivity index (χ1n) is 8.21. The molecule has 3 N–H and O–H groups in total. The van der Waals surface area contributed by atoms with E-state index in [1.165, 1.54) is 0 Å². The van der Waals surface area contributed by atoms with E-state index < -0.39 is 0 Å². The number of hydrogen-bond acceptors (Lipinski definition) is 2. The van der Waals surface area contributed by atoms with Crippen molar-refractivity contribution in [3.05, 3.63) is 48.0 Å². The third-order valence-electron chi connectivity index (χ3n) is 3.21.